The lowest BCUT2D eigenvalue weighted by Crippen LogP contribution is -2.39. The molecule has 0 aliphatic carbocycles. The van der Waals surface area contributed by atoms with Gasteiger partial charge in [0.25, 0.3) is 0 Å². The van der Waals surface area contributed by atoms with Crippen LogP contribution < -0.4 is 24.3 Å². The number of methoxy groups -OCH3 is 3. The van der Waals surface area contributed by atoms with Gasteiger partial charge in [-0.1, -0.05) is 25.7 Å². The van der Waals surface area contributed by atoms with Crippen LogP contribution in [0.15, 0.2) is 29.2 Å². The fourth-order valence-corrected chi connectivity index (χ4v) is 6.34. The van der Waals surface area contributed by atoms with Gasteiger partial charge in [-0.25, -0.2) is 13.2 Å². The number of nitrogens with one attached hydrogen (secondary N) is 1. The van der Waals surface area contributed by atoms with Crippen LogP contribution in [0.5, 0.6) is 23.0 Å². The molecule has 0 radical (unpaired) electrons. The van der Waals surface area contributed by atoms with Gasteiger partial charge >= 0.3 is 6.03 Å². The van der Waals surface area contributed by atoms with Gasteiger partial charge in [0.15, 0.2) is 27.1 Å². The van der Waals surface area contributed by atoms with Gasteiger partial charge in [0, 0.05) is 6.54 Å². The zero-order valence-electron chi connectivity index (χ0n) is 25.8. The van der Waals surface area contributed by atoms with Crippen LogP contribution >= 0.6 is 0 Å². The van der Waals surface area contributed by atoms with Crippen molar-refractivity contribution in [2.24, 2.45) is 0 Å². The lowest BCUT2D eigenvalue weighted by Gasteiger charge is -2.20. The predicted molar refractivity (Wildman–Crippen MR) is 162 cm³/mol. The van der Waals surface area contributed by atoms with E-state index >= 15 is 0 Å². The zero-order chi connectivity index (χ0) is 32.3. The molecular weight excluding hydrogens is 592 g/mol. The topological polar surface area (TPSA) is 153 Å². The smallest absolute Gasteiger partial charge is 0.342 e. The summed E-state index contributed by atoms with van der Waals surface area (Å²) >= 11 is 0. The van der Waals surface area contributed by atoms with Gasteiger partial charge in [0.05, 0.1) is 58.1 Å². The van der Waals surface area contributed by atoms with Gasteiger partial charge in [-0.15, -0.1) is 0 Å². The Morgan fingerprint density at radius 2 is 1.64 bits per heavy atom. The summed E-state index contributed by atoms with van der Waals surface area (Å²) in [4.78, 5) is 12.0. The number of hydroxylamine groups is 2. The molecule has 0 saturated carbocycles. The summed E-state index contributed by atoms with van der Waals surface area (Å²) in [6.07, 6.45) is 1.53. The van der Waals surface area contributed by atoms with E-state index in [0.717, 1.165) is 5.56 Å². The molecule has 1 heterocycles. The predicted octanol–water partition coefficient (Wildman–Crippen LogP) is 4.02. The maximum Gasteiger partial charge on any atom is 0.342 e. The molecular formula is C31H42N2O10S. The molecule has 2 atom stereocenters. The van der Waals surface area contributed by atoms with Crippen molar-refractivity contribution in [3.05, 3.63) is 41.0 Å². The molecule has 0 spiro atoms. The highest BCUT2D eigenvalue weighted by Crippen LogP contribution is 2.47. The first-order valence-corrected chi connectivity index (χ1v) is 16.1. The van der Waals surface area contributed by atoms with Gasteiger partial charge in [-0.05, 0) is 61.1 Å². The summed E-state index contributed by atoms with van der Waals surface area (Å²) in [6.45, 7) is 3.28. The van der Waals surface area contributed by atoms with Crippen LogP contribution in [0.2, 0.25) is 0 Å². The van der Waals surface area contributed by atoms with E-state index in [1.54, 1.807) is 33.3 Å². The molecule has 1 aliphatic rings. The van der Waals surface area contributed by atoms with E-state index in [4.69, 9.17) is 28.8 Å². The summed E-state index contributed by atoms with van der Waals surface area (Å²) < 4.78 is 55.8. The minimum atomic E-state index is -3.75. The molecule has 2 aromatic carbocycles. The van der Waals surface area contributed by atoms with Crippen molar-refractivity contribution in [1.29, 1.82) is 0 Å². The number of aliphatic hydroxyl groups excluding tert-OH is 1. The Labute approximate surface area is 259 Å². The summed E-state index contributed by atoms with van der Waals surface area (Å²) in [5.41, 5.74) is 1.74. The first-order chi connectivity index (χ1) is 21.1. The molecule has 3 N–H and O–H groups in total. The largest absolute Gasteiger partial charge is 0.493 e. The highest BCUT2D eigenvalue weighted by molar-refractivity contribution is 7.91. The van der Waals surface area contributed by atoms with Crippen LogP contribution in [-0.4, -0.2) is 83.2 Å². The third kappa shape index (κ3) is 8.47. The summed E-state index contributed by atoms with van der Waals surface area (Å²) in [6, 6.07) is 6.18. The minimum Gasteiger partial charge on any atom is -0.493 e. The maximum atomic E-state index is 13.5. The van der Waals surface area contributed by atoms with Crippen LogP contribution in [-0.2, 0) is 14.6 Å². The molecule has 1 fully saturated rings. The number of urea groups is 1. The van der Waals surface area contributed by atoms with Gasteiger partial charge in [0.2, 0.25) is 5.75 Å². The molecule has 2 aromatic rings. The number of benzene rings is 2. The molecule has 0 bridgehead atoms. The van der Waals surface area contributed by atoms with Gasteiger partial charge in [-0.2, -0.15) is 5.06 Å². The Morgan fingerprint density at radius 1 is 1.00 bits per heavy atom. The van der Waals surface area contributed by atoms with Crippen molar-refractivity contribution in [3.63, 3.8) is 0 Å². The number of ether oxygens (including phenoxy) is 5. The number of amides is 2. The molecule has 13 heteroatoms. The minimum absolute atomic E-state index is 0.0241. The normalized spacial score (nSPS) is 16.1. The van der Waals surface area contributed by atoms with E-state index in [9.17, 15) is 18.4 Å². The van der Waals surface area contributed by atoms with Crippen LogP contribution in [0, 0.1) is 11.8 Å². The van der Waals surface area contributed by atoms with E-state index in [0.29, 0.717) is 59.1 Å². The second kappa shape index (κ2) is 16.4. The van der Waals surface area contributed by atoms with E-state index in [-0.39, 0.29) is 48.8 Å². The highest BCUT2D eigenvalue weighted by atomic mass is 32.2. The van der Waals surface area contributed by atoms with Crippen molar-refractivity contribution in [1.82, 2.24) is 10.4 Å². The molecule has 1 aliphatic heterocycles. The number of aliphatic hydroxyl groups is 1. The molecule has 0 aromatic heterocycles. The first kappa shape index (κ1) is 34.8. The van der Waals surface area contributed by atoms with Crippen molar-refractivity contribution < 1.29 is 47.2 Å². The lowest BCUT2D eigenvalue weighted by molar-refractivity contribution is -0.0311. The number of carbonyl (C=O) groups is 1. The standard InChI is InChI=1S/C31H42N2O10S/c1-6-15-42-29-21(9-8-13-33(36)31(35)32-12-14-34)17-22(20-28(29)44(37,38)16-7-2)24-10-11-25(43-24)23-18-26(39-3)30(41-5)27(19-23)40-4/h17-20,24-25,34,36H,6-7,10-16H2,1-5H3,(H,32,35)/t24-,25-/m1/s1. The SMILES string of the molecule is CCCOc1c(C#CCN(O)C(=O)NCCO)cc([C@H]2CC[C@H](c3cc(OC)c(OC)c(OC)c3)O2)cc1S(=O)(=O)CCC. The molecule has 0 unspecified atom stereocenters. The van der Waals surface area contributed by atoms with Gasteiger partial charge < -0.3 is 34.1 Å². The Kier molecular flexibility index (Phi) is 13.0. The quantitative estimate of drug-likeness (QED) is 0.158. The van der Waals surface area contributed by atoms with Gasteiger partial charge in [0.1, 0.15) is 11.4 Å². The average Bonchev–Trinajstić information content (AvgIpc) is 3.52. The van der Waals surface area contributed by atoms with Crippen LogP contribution in [0.25, 0.3) is 0 Å². The third-order valence-corrected chi connectivity index (χ3v) is 8.78. The van der Waals surface area contributed by atoms with Crippen molar-refractivity contribution in [2.45, 2.75) is 56.6 Å². The fraction of sp³-hybridized carbons (Fsp3) is 0.516. The number of hydrogen-bond acceptors (Lipinski definition) is 10. The van der Waals surface area contributed by atoms with Crippen LogP contribution in [0.4, 0.5) is 4.79 Å². The van der Waals surface area contributed by atoms with Crippen LogP contribution in [0.1, 0.15) is 68.4 Å². The number of sulfone groups is 1. The van der Waals surface area contributed by atoms with Crippen molar-refractivity contribution >= 4 is 15.9 Å². The van der Waals surface area contributed by atoms with Crippen molar-refractivity contribution in [3.8, 4) is 34.8 Å². The Balaban J connectivity index is 2.03. The van der Waals surface area contributed by atoms with Crippen LogP contribution in [0.3, 0.4) is 0 Å². The molecule has 44 heavy (non-hydrogen) atoms. The number of rotatable bonds is 14. The maximum absolute atomic E-state index is 13.5. The monoisotopic (exact) mass is 634 g/mol. The second-order valence-electron chi connectivity index (χ2n) is 10.0. The molecule has 3 rings (SSSR count). The molecule has 1 saturated heterocycles. The van der Waals surface area contributed by atoms with E-state index in [1.807, 2.05) is 19.1 Å². The molecule has 12 nitrogen and oxygen atoms in total. The second-order valence-corrected chi connectivity index (χ2v) is 12.1. The molecule has 242 valence electrons. The average molecular weight is 635 g/mol. The Morgan fingerprint density at radius 3 is 2.18 bits per heavy atom. The summed E-state index contributed by atoms with van der Waals surface area (Å²) in [5.74, 6) is 7.13. The summed E-state index contributed by atoms with van der Waals surface area (Å²) in [5, 5.41) is 21.6. The van der Waals surface area contributed by atoms with E-state index < -0.39 is 22.0 Å². The number of nitrogens with zero attached hydrogens (tertiary/aromatic N) is 1. The van der Waals surface area contributed by atoms with Gasteiger partial charge in [-0.3, -0.25) is 5.21 Å². The first-order valence-electron chi connectivity index (χ1n) is 14.5. The molecule has 2 amide bonds. The zero-order valence-corrected chi connectivity index (χ0v) is 26.7. The highest BCUT2D eigenvalue weighted by Gasteiger charge is 2.32. The number of carbonyl (C=O) groups excluding carboxylic acids is 1. The number of hydrogen-bond donors (Lipinski definition) is 3. The van der Waals surface area contributed by atoms with E-state index in [2.05, 4.69) is 17.2 Å². The van der Waals surface area contributed by atoms with Crippen molar-refractivity contribution in [2.75, 3.05) is 53.4 Å². The third-order valence-electron chi connectivity index (χ3n) is 6.86. The van der Waals surface area contributed by atoms with E-state index in [1.165, 1.54) is 7.11 Å². The Hall–Kier alpha value is -3.70. The fourth-order valence-electron chi connectivity index (χ4n) is 4.82. The summed E-state index contributed by atoms with van der Waals surface area (Å²) in [7, 11) is 0.870. The lowest BCUT2D eigenvalue weighted by atomic mass is 10.0. The Bertz CT molecular complexity index is 1430.